The van der Waals surface area contributed by atoms with Gasteiger partial charge in [-0.3, -0.25) is 4.57 Å². The van der Waals surface area contributed by atoms with Gasteiger partial charge in [0.05, 0.1) is 5.69 Å². The Kier molecular flexibility index (Phi) is 3.03. The average molecular weight is 257 g/mol. The van der Waals surface area contributed by atoms with E-state index in [0.29, 0.717) is 6.04 Å². The third-order valence-electron chi connectivity index (χ3n) is 3.84. The standard InChI is InChI=1S/C15H19N3O/c1-11-10-17(2)15(19)18(11)13-7-5-12(6-8-13)14-4-3-9-16-14/h5-8,10,14,16H,3-4,9H2,1-2H3. The number of hydrogen-bond donors (Lipinski definition) is 1. The molecular weight excluding hydrogens is 238 g/mol. The summed E-state index contributed by atoms with van der Waals surface area (Å²) in [6.45, 7) is 3.05. The van der Waals surface area contributed by atoms with Crippen molar-refractivity contribution < 1.29 is 0 Å². The number of nitrogens with one attached hydrogen (secondary N) is 1. The molecule has 1 aromatic carbocycles. The normalized spacial score (nSPS) is 18.9. The molecule has 1 aromatic heterocycles. The number of hydrogen-bond acceptors (Lipinski definition) is 2. The van der Waals surface area contributed by atoms with Gasteiger partial charge >= 0.3 is 5.69 Å². The van der Waals surface area contributed by atoms with Crippen LogP contribution in [-0.4, -0.2) is 15.7 Å². The Labute approximate surface area is 112 Å². The third kappa shape index (κ3) is 2.12. The zero-order chi connectivity index (χ0) is 13.4. The highest BCUT2D eigenvalue weighted by Crippen LogP contribution is 2.23. The summed E-state index contributed by atoms with van der Waals surface area (Å²) >= 11 is 0. The van der Waals surface area contributed by atoms with Gasteiger partial charge in [0.1, 0.15) is 0 Å². The summed E-state index contributed by atoms with van der Waals surface area (Å²) in [4.78, 5) is 12.0. The molecule has 0 saturated carbocycles. The molecule has 0 radical (unpaired) electrons. The van der Waals surface area contributed by atoms with Crippen LogP contribution >= 0.6 is 0 Å². The van der Waals surface area contributed by atoms with Crippen LogP contribution in [0.15, 0.2) is 35.3 Å². The second-order valence-electron chi connectivity index (χ2n) is 5.24. The monoisotopic (exact) mass is 257 g/mol. The van der Waals surface area contributed by atoms with Crippen LogP contribution in [0.4, 0.5) is 0 Å². The maximum absolute atomic E-state index is 12.0. The smallest absolute Gasteiger partial charge is 0.310 e. The number of benzene rings is 1. The van der Waals surface area contributed by atoms with E-state index in [-0.39, 0.29) is 5.69 Å². The van der Waals surface area contributed by atoms with E-state index in [1.165, 1.54) is 18.4 Å². The predicted molar refractivity (Wildman–Crippen MR) is 75.7 cm³/mol. The summed E-state index contributed by atoms with van der Waals surface area (Å²) in [5, 5.41) is 3.49. The summed E-state index contributed by atoms with van der Waals surface area (Å²) in [6, 6.07) is 8.78. The van der Waals surface area contributed by atoms with Crippen LogP contribution in [0.1, 0.15) is 30.1 Å². The molecule has 4 heteroatoms. The van der Waals surface area contributed by atoms with Crippen molar-refractivity contribution in [1.82, 2.24) is 14.5 Å². The summed E-state index contributed by atoms with van der Waals surface area (Å²) in [7, 11) is 1.78. The summed E-state index contributed by atoms with van der Waals surface area (Å²) in [6.07, 6.45) is 4.29. The Hall–Kier alpha value is -1.81. The first kappa shape index (κ1) is 12.2. The van der Waals surface area contributed by atoms with Gasteiger partial charge in [0.2, 0.25) is 0 Å². The Morgan fingerprint density at radius 2 is 2.00 bits per heavy atom. The molecule has 0 amide bonds. The molecule has 1 fully saturated rings. The van der Waals surface area contributed by atoms with Crippen LogP contribution in [0.25, 0.3) is 5.69 Å². The van der Waals surface area contributed by atoms with Gasteiger partial charge in [0.15, 0.2) is 0 Å². The van der Waals surface area contributed by atoms with E-state index in [4.69, 9.17) is 0 Å². The van der Waals surface area contributed by atoms with Crippen molar-refractivity contribution in [3.05, 3.63) is 52.2 Å². The van der Waals surface area contributed by atoms with E-state index in [2.05, 4.69) is 17.4 Å². The minimum Gasteiger partial charge on any atom is -0.310 e. The molecule has 1 saturated heterocycles. The lowest BCUT2D eigenvalue weighted by molar-refractivity contribution is 0.647. The molecule has 1 N–H and O–H groups in total. The number of imidazole rings is 1. The van der Waals surface area contributed by atoms with E-state index in [9.17, 15) is 4.79 Å². The maximum Gasteiger partial charge on any atom is 0.332 e. The lowest BCUT2D eigenvalue weighted by Crippen LogP contribution is -2.21. The number of aromatic nitrogens is 2. The molecule has 100 valence electrons. The summed E-state index contributed by atoms with van der Waals surface area (Å²) in [5.74, 6) is 0. The molecule has 1 unspecified atom stereocenters. The van der Waals surface area contributed by atoms with Gasteiger partial charge in [-0.05, 0) is 44.0 Å². The summed E-state index contributed by atoms with van der Waals surface area (Å²) < 4.78 is 3.35. The molecule has 0 spiro atoms. The zero-order valence-electron chi connectivity index (χ0n) is 11.4. The van der Waals surface area contributed by atoms with Gasteiger partial charge < -0.3 is 9.88 Å². The summed E-state index contributed by atoms with van der Waals surface area (Å²) in [5.41, 5.74) is 3.20. The van der Waals surface area contributed by atoms with Gasteiger partial charge in [-0.15, -0.1) is 0 Å². The molecular formula is C15H19N3O. The van der Waals surface area contributed by atoms with E-state index in [1.54, 1.807) is 16.2 Å². The van der Waals surface area contributed by atoms with Crippen molar-refractivity contribution in [3.8, 4) is 5.69 Å². The largest absolute Gasteiger partial charge is 0.332 e. The van der Waals surface area contributed by atoms with Gasteiger partial charge in [-0.1, -0.05) is 12.1 Å². The molecule has 3 rings (SSSR count). The quantitative estimate of drug-likeness (QED) is 0.892. The number of aryl methyl sites for hydroxylation is 2. The fraction of sp³-hybridized carbons (Fsp3) is 0.400. The molecule has 0 bridgehead atoms. The van der Waals surface area contributed by atoms with Gasteiger partial charge in [0, 0.05) is 25.0 Å². The van der Waals surface area contributed by atoms with Gasteiger partial charge in [-0.25, -0.2) is 4.79 Å². The molecule has 19 heavy (non-hydrogen) atoms. The zero-order valence-corrected chi connectivity index (χ0v) is 11.4. The highest BCUT2D eigenvalue weighted by molar-refractivity contribution is 5.37. The Morgan fingerprint density at radius 1 is 1.26 bits per heavy atom. The first-order chi connectivity index (χ1) is 9.16. The Morgan fingerprint density at radius 3 is 2.53 bits per heavy atom. The molecule has 1 atom stereocenters. The van der Waals surface area contributed by atoms with Crippen molar-refractivity contribution >= 4 is 0 Å². The van der Waals surface area contributed by atoms with Crippen LogP contribution in [0.5, 0.6) is 0 Å². The second kappa shape index (κ2) is 4.70. The van der Waals surface area contributed by atoms with Crippen molar-refractivity contribution in [2.45, 2.75) is 25.8 Å². The highest BCUT2D eigenvalue weighted by Gasteiger charge is 2.16. The molecule has 0 aliphatic carbocycles. The Balaban J connectivity index is 1.96. The van der Waals surface area contributed by atoms with Crippen LogP contribution in [0.2, 0.25) is 0 Å². The van der Waals surface area contributed by atoms with E-state index in [0.717, 1.165) is 17.9 Å². The van der Waals surface area contributed by atoms with E-state index >= 15 is 0 Å². The lowest BCUT2D eigenvalue weighted by atomic mass is 10.1. The fourth-order valence-corrected chi connectivity index (χ4v) is 2.84. The van der Waals surface area contributed by atoms with Crippen molar-refractivity contribution in [2.24, 2.45) is 7.05 Å². The SMILES string of the molecule is Cc1cn(C)c(=O)n1-c1ccc(C2CCCN2)cc1. The van der Waals surface area contributed by atoms with Crippen LogP contribution in [-0.2, 0) is 7.05 Å². The minimum atomic E-state index is 0.00393. The fourth-order valence-electron chi connectivity index (χ4n) is 2.84. The van der Waals surface area contributed by atoms with Gasteiger partial charge in [0.25, 0.3) is 0 Å². The van der Waals surface area contributed by atoms with Gasteiger partial charge in [-0.2, -0.15) is 0 Å². The van der Waals surface area contributed by atoms with Crippen LogP contribution < -0.4 is 11.0 Å². The van der Waals surface area contributed by atoms with Crippen molar-refractivity contribution in [2.75, 3.05) is 6.54 Å². The molecule has 4 nitrogen and oxygen atoms in total. The molecule has 2 aromatic rings. The second-order valence-corrected chi connectivity index (χ2v) is 5.24. The topological polar surface area (TPSA) is 39.0 Å². The Bertz CT molecular complexity index is 630. The number of nitrogens with zero attached hydrogens (tertiary/aromatic N) is 2. The van der Waals surface area contributed by atoms with E-state index in [1.807, 2.05) is 25.3 Å². The predicted octanol–water partition coefficient (Wildman–Crippen LogP) is 1.91. The molecule has 2 heterocycles. The van der Waals surface area contributed by atoms with Crippen LogP contribution in [0, 0.1) is 6.92 Å². The maximum atomic E-state index is 12.0. The van der Waals surface area contributed by atoms with Crippen LogP contribution in [0.3, 0.4) is 0 Å². The first-order valence-electron chi connectivity index (χ1n) is 6.75. The van der Waals surface area contributed by atoms with E-state index < -0.39 is 0 Å². The lowest BCUT2D eigenvalue weighted by Gasteiger charge is -2.11. The first-order valence-corrected chi connectivity index (χ1v) is 6.75. The minimum absolute atomic E-state index is 0.00393. The third-order valence-corrected chi connectivity index (χ3v) is 3.84. The number of rotatable bonds is 2. The average Bonchev–Trinajstić information content (AvgIpc) is 3.00. The highest BCUT2D eigenvalue weighted by atomic mass is 16.1. The van der Waals surface area contributed by atoms with Crippen molar-refractivity contribution in [1.29, 1.82) is 0 Å². The molecule has 1 aliphatic rings. The van der Waals surface area contributed by atoms with Crippen molar-refractivity contribution in [3.63, 3.8) is 0 Å². The molecule has 1 aliphatic heterocycles.